The largest absolute Gasteiger partial charge is 0.497 e. The van der Waals surface area contributed by atoms with Crippen molar-refractivity contribution in [3.63, 3.8) is 0 Å². The Morgan fingerprint density at radius 1 is 1.05 bits per heavy atom. The van der Waals surface area contributed by atoms with Gasteiger partial charge in [0.25, 0.3) is 0 Å². The van der Waals surface area contributed by atoms with Gasteiger partial charge in [-0.05, 0) is 65.9 Å². The predicted molar refractivity (Wildman–Crippen MR) is 149 cm³/mol. The van der Waals surface area contributed by atoms with E-state index in [4.69, 9.17) is 9.47 Å². The van der Waals surface area contributed by atoms with E-state index < -0.39 is 10.0 Å². The fraction of sp³-hybridized carbons (Fsp3) is 0.393. The lowest BCUT2D eigenvalue weighted by atomic mass is 10.2. The number of halogens is 1. The molecule has 3 aromatic rings. The van der Waals surface area contributed by atoms with Gasteiger partial charge in [0.05, 0.1) is 38.3 Å². The average Bonchev–Trinajstić information content (AvgIpc) is 3.36. The molecule has 1 aliphatic heterocycles. The number of ether oxygens (including phenoxy) is 2. The maximum absolute atomic E-state index is 13.8. The molecular weight excluding hydrogens is 541 g/mol. The molecular formula is C28H34FN3O5S2. The lowest BCUT2D eigenvalue weighted by molar-refractivity contribution is -0.132. The fourth-order valence-electron chi connectivity index (χ4n) is 4.29. The van der Waals surface area contributed by atoms with Crippen LogP contribution in [0.1, 0.15) is 16.0 Å². The van der Waals surface area contributed by atoms with Gasteiger partial charge < -0.3 is 14.4 Å². The number of thiophene rings is 1. The minimum absolute atomic E-state index is 0.0947. The topological polar surface area (TPSA) is 79.4 Å². The van der Waals surface area contributed by atoms with Gasteiger partial charge in [0.1, 0.15) is 11.6 Å². The SMILES string of the molecule is COc1ccc(S(=O)(=O)N(CCN2CCOCC2)CC(=O)N(Cc2ccc(F)cc2)Cc2sccc2C)cc1. The number of rotatable bonds is 12. The van der Waals surface area contributed by atoms with Crippen LogP contribution in [0.4, 0.5) is 4.39 Å². The molecule has 39 heavy (non-hydrogen) atoms. The van der Waals surface area contributed by atoms with Crippen LogP contribution < -0.4 is 4.74 Å². The third-order valence-electron chi connectivity index (χ3n) is 6.72. The van der Waals surface area contributed by atoms with Gasteiger partial charge in [-0.2, -0.15) is 4.31 Å². The summed E-state index contributed by atoms with van der Waals surface area (Å²) in [6.07, 6.45) is 0. The molecule has 210 valence electrons. The summed E-state index contributed by atoms with van der Waals surface area (Å²) in [6, 6.07) is 14.2. The highest BCUT2D eigenvalue weighted by Gasteiger charge is 2.30. The number of carbonyl (C=O) groups is 1. The van der Waals surface area contributed by atoms with E-state index in [0.717, 1.165) is 16.0 Å². The van der Waals surface area contributed by atoms with Gasteiger partial charge in [-0.3, -0.25) is 9.69 Å². The van der Waals surface area contributed by atoms with Crippen LogP contribution in [0, 0.1) is 12.7 Å². The number of nitrogens with zero attached hydrogens (tertiary/aromatic N) is 3. The lowest BCUT2D eigenvalue weighted by Crippen LogP contribution is -2.47. The van der Waals surface area contributed by atoms with Gasteiger partial charge >= 0.3 is 0 Å². The Kier molecular flexibility index (Phi) is 10.1. The zero-order chi connectivity index (χ0) is 27.8. The molecule has 0 radical (unpaired) electrons. The van der Waals surface area contributed by atoms with Crippen molar-refractivity contribution in [3.8, 4) is 5.75 Å². The molecule has 0 N–H and O–H groups in total. The van der Waals surface area contributed by atoms with Crippen molar-refractivity contribution < 1.29 is 27.1 Å². The second-order valence-electron chi connectivity index (χ2n) is 9.37. The quantitative estimate of drug-likeness (QED) is 0.327. The van der Waals surface area contributed by atoms with Gasteiger partial charge in [0, 0.05) is 37.6 Å². The molecule has 1 aliphatic rings. The van der Waals surface area contributed by atoms with Crippen LogP contribution in [-0.4, -0.2) is 81.5 Å². The number of aryl methyl sites for hydroxylation is 1. The van der Waals surface area contributed by atoms with Crippen molar-refractivity contribution in [2.75, 3.05) is 53.0 Å². The molecule has 1 aromatic heterocycles. The Morgan fingerprint density at radius 2 is 1.74 bits per heavy atom. The highest BCUT2D eigenvalue weighted by atomic mass is 32.2. The van der Waals surface area contributed by atoms with Gasteiger partial charge in [0.2, 0.25) is 15.9 Å². The number of hydrogen-bond acceptors (Lipinski definition) is 7. The first-order valence-corrected chi connectivity index (χ1v) is 15.1. The van der Waals surface area contributed by atoms with Gasteiger partial charge in [-0.1, -0.05) is 12.1 Å². The number of carbonyl (C=O) groups excluding carboxylic acids is 1. The van der Waals surface area contributed by atoms with E-state index in [2.05, 4.69) is 4.90 Å². The van der Waals surface area contributed by atoms with Crippen molar-refractivity contribution in [1.82, 2.24) is 14.1 Å². The fourth-order valence-corrected chi connectivity index (χ4v) is 6.59. The Hall–Kier alpha value is -2.83. The highest BCUT2D eigenvalue weighted by Crippen LogP contribution is 2.22. The smallest absolute Gasteiger partial charge is 0.243 e. The standard InChI is InChI=1S/C28H34FN3O5S2/c1-22-11-18-38-27(22)20-31(19-23-3-5-24(29)6-4-23)28(33)21-32(13-12-30-14-16-37-17-15-30)39(34,35)26-9-7-25(36-2)8-10-26/h3-11,18H,12-17,19-21H2,1-2H3. The van der Waals surface area contributed by atoms with Crippen LogP contribution in [0.2, 0.25) is 0 Å². The summed E-state index contributed by atoms with van der Waals surface area (Å²) in [6.45, 7) is 5.47. The normalized spacial score (nSPS) is 14.5. The Labute approximate surface area is 233 Å². The van der Waals surface area contributed by atoms with Crippen LogP contribution in [-0.2, 0) is 32.6 Å². The molecule has 11 heteroatoms. The summed E-state index contributed by atoms with van der Waals surface area (Å²) < 4.78 is 52.9. The molecule has 0 atom stereocenters. The van der Waals surface area contributed by atoms with Crippen molar-refractivity contribution in [2.24, 2.45) is 0 Å². The Morgan fingerprint density at radius 3 is 2.36 bits per heavy atom. The number of methoxy groups -OCH3 is 1. The maximum Gasteiger partial charge on any atom is 0.243 e. The zero-order valence-electron chi connectivity index (χ0n) is 22.2. The summed E-state index contributed by atoms with van der Waals surface area (Å²) in [5.74, 6) is -0.140. The number of morpholine rings is 1. The number of amides is 1. The van der Waals surface area contributed by atoms with Gasteiger partial charge in [0.15, 0.2) is 0 Å². The minimum Gasteiger partial charge on any atom is -0.497 e. The van der Waals surface area contributed by atoms with Crippen LogP contribution in [0.3, 0.4) is 0 Å². The number of benzene rings is 2. The molecule has 0 unspecified atom stereocenters. The molecule has 2 heterocycles. The van der Waals surface area contributed by atoms with E-state index in [1.165, 1.54) is 35.7 Å². The zero-order valence-corrected chi connectivity index (χ0v) is 23.8. The molecule has 0 bridgehead atoms. The molecule has 0 saturated carbocycles. The van der Waals surface area contributed by atoms with Crippen LogP contribution in [0.5, 0.6) is 5.75 Å². The van der Waals surface area contributed by atoms with Crippen LogP contribution in [0.15, 0.2) is 64.9 Å². The number of sulfonamides is 1. The van der Waals surface area contributed by atoms with Crippen molar-refractivity contribution in [1.29, 1.82) is 0 Å². The first-order chi connectivity index (χ1) is 18.8. The lowest BCUT2D eigenvalue weighted by Gasteiger charge is -2.31. The first kappa shape index (κ1) is 29.2. The second-order valence-corrected chi connectivity index (χ2v) is 12.3. The Bertz CT molecular complexity index is 1320. The molecule has 1 amide bonds. The van der Waals surface area contributed by atoms with E-state index in [9.17, 15) is 17.6 Å². The van der Waals surface area contributed by atoms with Crippen molar-refractivity contribution in [2.45, 2.75) is 24.9 Å². The van der Waals surface area contributed by atoms with E-state index in [1.807, 2.05) is 18.4 Å². The van der Waals surface area contributed by atoms with Gasteiger partial charge in [-0.25, -0.2) is 12.8 Å². The summed E-state index contributed by atoms with van der Waals surface area (Å²) in [5.41, 5.74) is 1.82. The molecule has 0 aliphatic carbocycles. The molecule has 8 nitrogen and oxygen atoms in total. The monoisotopic (exact) mass is 575 g/mol. The molecule has 2 aromatic carbocycles. The number of hydrogen-bond donors (Lipinski definition) is 0. The summed E-state index contributed by atoms with van der Waals surface area (Å²) in [7, 11) is -2.46. The maximum atomic E-state index is 13.8. The highest BCUT2D eigenvalue weighted by molar-refractivity contribution is 7.89. The van der Waals surface area contributed by atoms with Crippen LogP contribution >= 0.6 is 11.3 Å². The third kappa shape index (κ3) is 7.86. The first-order valence-electron chi connectivity index (χ1n) is 12.8. The average molecular weight is 576 g/mol. The summed E-state index contributed by atoms with van der Waals surface area (Å²) in [5, 5.41) is 1.97. The molecule has 1 saturated heterocycles. The van der Waals surface area contributed by atoms with E-state index in [1.54, 1.807) is 40.5 Å². The van der Waals surface area contributed by atoms with E-state index in [-0.39, 0.29) is 36.3 Å². The van der Waals surface area contributed by atoms with E-state index in [0.29, 0.717) is 45.1 Å². The molecule has 0 spiro atoms. The molecule has 4 rings (SSSR count). The van der Waals surface area contributed by atoms with Gasteiger partial charge in [-0.15, -0.1) is 11.3 Å². The van der Waals surface area contributed by atoms with E-state index >= 15 is 0 Å². The minimum atomic E-state index is -3.98. The third-order valence-corrected chi connectivity index (χ3v) is 9.59. The second kappa shape index (κ2) is 13.5. The summed E-state index contributed by atoms with van der Waals surface area (Å²) >= 11 is 1.55. The Balaban J connectivity index is 1.59. The predicted octanol–water partition coefficient (Wildman–Crippen LogP) is 3.76. The van der Waals surface area contributed by atoms with Crippen LogP contribution in [0.25, 0.3) is 0 Å². The summed E-state index contributed by atoms with van der Waals surface area (Å²) in [4.78, 5) is 18.7. The molecule has 1 fully saturated rings. The van der Waals surface area contributed by atoms with Crippen molar-refractivity contribution in [3.05, 3.63) is 81.8 Å². The van der Waals surface area contributed by atoms with Crippen molar-refractivity contribution >= 4 is 27.3 Å².